The summed E-state index contributed by atoms with van der Waals surface area (Å²) >= 11 is 1.68. The number of thiophene rings is 1. The van der Waals surface area contributed by atoms with E-state index in [9.17, 15) is 9.59 Å². The third kappa shape index (κ3) is 3.05. The first-order valence-electron chi connectivity index (χ1n) is 9.81. The molecular weight excluding hydrogens is 386 g/mol. The largest absolute Gasteiger partial charge is 0.328 e. The predicted octanol–water partition coefficient (Wildman–Crippen LogP) is 5.35. The fourth-order valence-corrected chi connectivity index (χ4v) is 5.31. The van der Waals surface area contributed by atoms with E-state index in [0.717, 1.165) is 48.2 Å². The summed E-state index contributed by atoms with van der Waals surface area (Å²) in [7, 11) is 0. The number of azide groups is 1. The monoisotopic (exact) mass is 405 g/mol. The summed E-state index contributed by atoms with van der Waals surface area (Å²) in [5, 5.41) is 4.44. The van der Waals surface area contributed by atoms with E-state index >= 15 is 0 Å². The van der Waals surface area contributed by atoms with E-state index in [1.165, 1.54) is 11.8 Å². The van der Waals surface area contributed by atoms with Gasteiger partial charge in [-0.1, -0.05) is 5.11 Å². The molecule has 1 atom stereocenters. The Labute approximate surface area is 170 Å². The van der Waals surface area contributed by atoms with E-state index < -0.39 is 0 Å². The fraction of sp³-hybridized carbons (Fsp3) is 0.381. The van der Waals surface area contributed by atoms with Gasteiger partial charge in [-0.2, -0.15) is 0 Å². The van der Waals surface area contributed by atoms with Gasteiger partial charge in [-0.15, -0.1) is 11.3 Å². The van der Waals surface area contributed by atoms with E-state index in [4.69, 9.17) is 10.5 Å². The lowest BCUT2D eigenvalue weighted by Gasteiger charge is -2.17. The third-order valence-electron chi connectivity index (χ3n) is 5.72. The molecule has 3 aromatic rings. The summed E-state index contributed by atoms with van der Waals surface area (Å²) in [4.78, 5) is 34.8. The van der Waals surface area contributed by atoms with Crippen LogP contribution in [0.25, 0.3) is 32.0 Å². The van der Waals surface area contributed by atoms with Crippen LogP contribution in [0.2, 0.25) is 0 Å². The quantitative estimate of drug-likeness (QED) is 0.253. The van der Waals surface area contributed by atoms with Crippen LogP contribution in [-0.2, 0) is 6.42 Å². The number of nitrogens with zero attached hydrogens (tertiary/aromatic N) is 5. The summed E-state index contributed by atoms with van der Waals surface area (Å²) in [6.07, 6.45) is 6.60. The summed E-state index contributed by atoms with van der Waals surface area (Å²) in [5.74, 6) is -0.217. The molecule has 5 rings (SSSR count). The zero-order valence-corrected chi connectivity index (χ0v) is 16.8. The van der Waals surface area contributed by atoms with E-state index in [1.54, 1.807) is 23.6 Å². The number of pyridine rings is 2. The Kier molecular flexibility index (Phi) is 4.26. The number of hydrogen-bond donors (Lipinski definition) is 0. The minimum atomic E-state index is -0.252. The van der Waals surface area contributed by atoms with Crippen molar-refractivity contribution in [2.24, 2.45) is 5.11 Å². The van der Waals surface area contributed by atoms with Crippen LogP contribution in [0.5, 0.6) is 0 Å². The van der Waals surface area contributed by atoms with Crippen LogP contribution in [0.3, 0.4) is 0 Å². The van der Waals surface area contributed by atoms with Gasteiger partial charge in [0.2, 0.25) is 5.43 Å². The molecular formula is C21H19N5O2S. The lowest BCUT2D eigenvalue weighted by atomic mass is 9.94. The van der Waals surface area contributed by atoms with Crippen molar-refractivity contribution in [2.45, 2.75) is 51.1 Å². The molecule has 1 unspecified atom stereocenters. The van der Waals surface area contributed by atoms with Crippen LogP contribution in [0.15, 0.2) is 34.3 Å². The molecule has 1 saturated carbocycles. The Balaban J connectivity index is 1.67. The number of aryl methyl sites for hydroxylation is 1. The molecule has 29 heavy (non-hydrogen) atoms. The molecule has 3 heterocycles. The van der Waals surface area contributed by atoms with Crippen molar-refractivity contribution >= 4 is 28.2 Å². The highest BCUT2D eigenvalue weighted by Crippen LogP contribution is 2.42. The molecule has 1 fully saturated rings. The number of fused-ring (bicyclic) bond motifs is 2. The Hall–Kier alpha value is -2.96. The fourth-order valence-electron chi connectivity index (χ4n) is 4.09. The van der Waals surface area contributed by atoms with Crippen molar-refractivity contribution < 1.29 is 4.79 Å². The van der Waals surface area contributed by atoms with Gasteiger partial charge in [0.1, 0.15) is 5.65 Å². The molecule has 0 spiro atoms. The van der Waals surface area contributed by atoms with Crippen molar-refractivity contribution in [3.8, 4) is 10.6 Å². The molecule has 7 nitrogen and oxygen atoms in total. The van der Waals surface area contributed by atoms with E-state index in [2.05, 4.69) is 16.1 Å². The number of hydrogen-bond acceptors (Lipinski definition) is 5. The second-order valence-electron chi connectivity index (χ2n) is 7.74. The minimum Gasteiger partial charge on any atom is -0.328 e. The van der Waals surface area contributed by atoms with E-state index in [1.807, 2.05) is 10.6 Å². The van der Waals surface area contributed by atoms with Gasteiger partial charge in [0.25, 0.3) is 0 Å². The second kappa shape index (κ2) is 6.83. The number of aromatic nitrogens is 2. The van der Waals surface area contributed by atoms with Gasteiger partial charge >= 0.3 is 0 Å². The maximum atomic E-state index is 12.8. The van der Waals surface area contributed by atoms with Gasteiger partial charge in [-0.3, -0.25) is 9.59 Å². The summed E-state index contributed by atoms with van der Waals surface area (Å²) in [6.45, 7) is 1.43. The van der Waals surface area contributed by atoms with Gasteiger partial charge in [0.15, 0.2) is 5.78 Å². The van der Waals surface area contributed by atoms with Gasteiger partial charge in [-0.05, 0) is 68.3 Å². The molecule has 3 aromatic heterocycles. The Morgan fingerprint density at radius 1 is 1.34 bits per heavy atom. The van der Waals surface area contributed by atoms with Gasteiger partial charge < -0.3 is 4.57 Å². The van der Waals surface area contributed by atoms with Gasteiger partial charge in [0.05, 0.1) is 27.6 Å². The molecule has 0 amide bonds. The number of carbonyl (C=O) groups is 1. The summed E-state index contributed by atoms with van der Waals surface area (Å²) in [5.41, 5.74) is 11.4. The average molecular weight is 405 g/mol. The second-order valence-corrected chi connectivity index (χ2v) is 8.87. The number of rotatable bonds is 4. The number of Topliss-reactive ketones (excluding diaryl/α,β-unsaturated/α-hetero) is 1. The van der Waals surface area contributed by atoms with Crippen molar-refractivity contribution in [1.29, 1.82) is 0 Å². The first-order valence-corrected chi connectivity index (χ1v) is 10.6. The molecule has 0 saturated heterocycles. The molecule has 0 N–H and O–H groups in total. The van der Waals surface area contributed by atoms with Crippen molar-refractivity contribution in [3.63, 3.8) is 0 Å². The maximum absolute atomic E-state index is 12.8. The molecule has 8 heteroatoms. The molecule has 2 aliphatic rings. The highest BCUT2D eigenvalue weighted by molar-refractivity contribution is 7.15. The van der Waals surface area contributed by atoms with Crippen LogP contribution < -0.4 is 5.43 Å². The Morgan fingerprint density at radius 2 is 2.17 bits per heavy atom. The minimum absolute atomic E-state index is 0.114. The Morgan fingerprint density at radius 3 is 2.90 bits per heavy atom. The van der Waals surface area contributed by atoms with Crippen molar-refractivity contribution in [1.82, 2.24) is 9.55 Å². The zero-order chi connectivity index (χ0) is 20.1. The van der Waals surface area contributed by atoms with E-state index in [0.29, 0.717) is 17.1 Å². The molecule has 146 valence electrons. The maximum Gasteiger partial charge on any atom is 0.201 e. The SMILES string of the molecule is CC(=O)c1cn(C2CC2)c2nc(-c3cc4c(s3)CCCC4N=[N+]=[N-])ccc2c1=O. The lowest BCUT2D eigenvalue weighted by molar-refractivity contribution is 0.101. The van der Waals surface area contributed by atoms with E-state index in [-0.39, 0.29) is 22.8 Å². The molecule has 0 radical (unpaired) electrons. The standard InChI is InChI=1S/C21H19N5O2S/c1-11(27)15-10-26(12-5-6-12)21-13(20(15)28)7-8-17(23-21)19-9-14-16(24-25-22)3-2-4-18(14)29-19/h7-10,12,16H,2-6H2,1H3. The first-order chi connectivity index (χ1) is 14.1. The summed E-state index contributed by atoms with van der Waals surface area (Å²) < 4.78 is 1.99. The van der Waals surface area contributed by atoms with Crippen molar-refractivity contribution in [2.75, 3.05) is 0 Å². The Bertz CT molecular complexity index is 1260. The van der Waals surface area contributed by atoms with Crippen molar-refractivity contribution in [3.05, 3.63) is 61.1 Å². The highest BCUT2D eigenvalue weighted by Gasteiger charge is 2.27. The topological polar surface area (TPSA) is 101 Å². The number of ketones is 1. The predicted molar refractivity (Wildman–Crippen MR) is 112 cm³/mol. The average Bonchev–Trinajstić information content (AvgIpc) is 3.45. The highest BCUT2D eigenvalue weighted by atomic mass is 32.1. The smallest absolute Gasteiger partial charge is 0.201 e. The molecule has 0 aliphatic heterocycles. The first kappa shape index (κ1) is 18.1. The molecule has 0 aromatic carbocycles. The van der Waals surface area contributed by atoms with Crippen LogP contribution in [0.4, 0.5) is 0 Å². The normalized spacial score (nSPS) is 18.3. The molecule has 2 aliphatic carbocycles. The number of carbonyl (C=O) groups excluding carboxylic acids is 1. The van der Waals surface area contributed by atoms with Crippen LogP contribution in [-0.4, -0.2) is 15.3 Å². The lowest BCUT2D eigenvalue weighted by Crippen LogP contribution is -2.18. The van der Waals surface area contributed by atoms with Gasteiger partial charge in [-0.25, -0.2) is 4.98 Å². The molecule has 0 bridgehead atoms. The summed E-state index contributed by atoms with van der Waals surface area (Å²) in [6, 6.07) is 5.90. The van der Waals surface area contributed by atoms with Gasteiger partial charge in [0, 0.05) is 22.0 Å². The third-order valence-corrected chi connectivity index (χ3v) is 6.96. The van der Waals surface area contributed by atoms with Crippen LogP contribution in [0.1, 0.15) is 65.5 Å². The van der Waals surface area contributed by atoms with Crippen LogP contribution in [0, 0.1) is 0 Å². The zero-order valence-electron chi connectivity index (χ0n) is 16.0. The van der Waals surface area contributed by atoms with Crippen LogP contribution >= 0.6 is 11.3 Å².